The zero-order valence-corrected chi connectivity index (χ0v) is 20.4. The second-order valence-corrected chi connectivity index (χ2v) is 9.22. The van der Waals surface area contributed by atoms with Crippen LogP contribution >= 0.6 is 7.82 Å². The second kappa shape index (κ2) is 14.6. The molecule has 0 saturated heterocycles. The van der Waals surface area contributed by atoms with Gasteiger partial charge in [-0.1, -0.05) is 54.1 Å². The highest BCUT2D eigenvalue weighted by atomic mass is 31.2. The van der Waals surface area contributed by atoms with E-state index in [1.54, 1.807) is 6.20 Å². The number of carbonyl (C=O) groups is 1. The number of nitrogens with zero attached hydrogens (tertiary/aromatic N) is 1. The van der Waals surface area contributed by atoms with Gasteiger partial charge in [0.2, 0.25) is 5.91 Å². The van der Waals surface area contributed by atoms with Crippen molar-refractivity contribution in [2.45, 2.75) is 32.1 Å². The van der Waals surface area contributed by atoms with Gasteiger partial charge in [0, 0.05) is 26.5 Å². The molecule has 0 heterocycles. The molecule has 0 bridgehead atoms. The topological polar surface area (TPSA) is 117 Å². The largest absolute Gasteiger partial charge is 0.471 e. The number of carbonyl (C=O) groups excluding carboxylic acids is 1. The number of aliphatic hydroxyl groups excluding tert-OH is 1. The quantitative estimate of drug-likeness (QED) is 0.204. The summed E-state index contributed by atoms with van der Waals surface area (Å²) in [6, 6.07) is 9.82. The Morgan fingerprint density at radius 2 is 2.06 bits per heavy atom. The number of phosphoric acid groups is 1. The van der Waals surface area contributed by atoms with Crippen molar-refractivity contribution in [1.82, 2.24) is 5.32 Å². The summed E-state index contributed by atoms with van der Waals surface area (Å²) in [5.41, 5.74) is 4.80. The van der Waals surface area contributed by atoms with Crippen molar-refractivity contribution in [1.29, 1.82) is 0 Å². The van der Waals surface area contributed by atoms with Crippen molar-refractivity contribution >= 4 is 26.0 Å². The summed E-state index contributed by atoms with van der Waals surface area (Å²) in [6.45, 7) is 4.13. The predicted octanol–water partition coefficient (Wildman–Crippen LogP) is 4.34. The van der Waals surface area contributed by atoms with Gasteiger partial charge in [-0.3, -0.25) is 18.8 Å². The molecule has 2 rings (SSSR count). The Kier molecular flexibility index (Phi) is 11.9. The van der Waals surface area contributed by atoms with E-state index in [4.69, 9.17) is 4.52 Å². The lowest BCUT2D eigenvalue weighted by Crippen LogP contribution is -2.25. The van der Waals surface area contributed by atoms with Crippen LogP contribution in [0.1, 0.15) is 37.7 Å². The number of amides is 1. The van der Waals surface area contributed by atoms with Crippen LogP contribution < -0.4 is 5.32 Å². The second-order valence-electron chi connectivity index (χ2n) is 7.66. The number of unbranched alkanes of at least 4 members (excludes halogenated alkanes) is 1. The van der Waals surface area contributed by atoms with Crippen LogP contribution in [0.5, 0.6) is 0 Å². The number of nitrogens with one attached hydrogen (secondary N) is 1. The monoisotopic (exact) mass is 488 g/mol. The molecular weight excluding hydrogens is 455 g/mol. The highest BCUT2D eigenvalue weighted by molar-refractivity contribution is 7.47. The summed E-state index contributed by atoms with van der Waals surface area (Å²) in [6.07, 6.45) is 10.1. The van der Waals surface area contributed by atoms with Gasteiger partial charge in [-0.05, 0) is 54.7 Å². The molecule has 184 valence electrons. The summed E-state index contributed by atoms with van der Waals surface area (Å²) >= 11 is 0. The molecule has 3 N–H and O–H groups in total. The van der Waals surface area contributed by atoms with Crippen molar-refractivity contribution in [2.75, 3.05) is 26.9 Å². The van der Waals surface area contributed by atoms with Gasteiger partial charge in [0.25, 0.3) is 0 Å². The number of allylic oxidation sites excluding steroid dienone is 5. The summed E-state index contributed by atoms with van der Waals surface area (Å²) < 4.78 is 20.4. The van der Waals surface area contributed by atoms with Gasteiger partial charge in [0.1, 0.15) is 0 Å². The van der Waals surface area contributed by atoms with Crippen LogP contribution in [0.4, 0.5) is 0 Å². The first-order valence-electron chi connectivity index (χ1n) is 11.1. The Morgan fingerprint density at radius 1 is 1.29 bits per heavy atom. The van der Waals surface area contributed by atoms with E-state index < -0.39 is 7.82 Å². The minimum atomic E-state index is -3.97. The number of benzene rings is 1. The van der Waals surface area contributed by atoms with E-state index in [0.29, 0.717) is 32.2 Å². The van der Waals surface area contributed by atoms with Gasteiger partial charge in [-0.15, -0.1) is 0 Å². The lowest BCUT2D eigenvalue weighted by molar-refractivity contribution is -0.120. The number of aliphatic imine (C=N–C) groups is 1. The Labute approximate surface area is 201 Å². The Morgan fingerprint density at radius 3 is 2.74 bits per heavy atom. The van der Waals surface area contributed by atoms with Gasteiger partial charge >= 0.3 is 7.82 Å². The maximum atomic E-state index is 12.7. The summed E-state index contributed by atoms with van der Waals surface area (Å²) in [5, 5.41) is 12.2. The molecule has 0 aromatic heterocycles. The molecule has 0 aliphatic heterocycles. The highest BCUT2D eigenvalue weighted by Crippen LogP contribution is 2.41. The Bertz CT molecular complexity index is 998. The van der Waals surface area contributed by atoms with Crippen molar-refractivity contribution in [3.05, 3.63) is 77.0 Å². The van der Waals surface area contributed by atoms with Crippen LogP contribution in [0, 0.1) is 0 Å². The number of hydrogen-bond donors (Lipinski definition) is 3. The third-order valence-corrected chi connectivity index (χ3v) is 6.13. The van der Waals surface area contributed by atoms with Crippen molar-refractivity contribution in [2.24, 2.45) is 4.99 Å². The standard InChI is InChI=1S/C25H33N2O6P/c1-26-19-23(18-24(29)27-14-6-7-16-33-34(30,31)32-2)25(21-10-4-3-5-11-21)22-12-8-9-20(17-22)13-15-28/h3-5,8-12,19,28H,1,6-7,13-18H2,2H3,(H,27,29)(H,30,31)/b23-19-,25-22-. The lowest BCUT2D eigenvalue weighted by Gasteiger charge is -2.20. The normalized spacial score (nSPS) is 17.0. The van der Waals surface area contributed by atoms with E-state index in [2.05, 4.69) is 21.6 Å². The van der Waals surface area contributed by atoms with Gasteiger partial charge in [-0.25, -0.2) is 4.57 Å². The van der Waals surface area contributed by atoms with Crippen molar-refractivity contribution in [3.8, 4) is 0 Å². The molecule has 0 fully saturated rings. The zero-order chi connectivity index (χ0) is 24.8. The third kappa shape index (κ3) is 9.33. The smallest absolute Gasteiger partial charge is 0.396 e. The average Bonchev–Trinajstić information content (AvgIpc) is 2.83. The fourth-order valence-corrected chi connectivity index (χ4v) is 4.03. The Balaban J connectivity index is 2.10. The van der Waals surface area contributed by atoms with E-state index in [0.717, 1.165) is 35.0 Å². The third-order valence-electron chi connectivity index (χ3n) is 5.16. The van der Waals surface area contributed by atoms with Crippen LogP contribution in [0.2, 0.25) is 0 Å². The fraction of sp³-hybridized carbons (Fsp3) is 0.360. The first-order valence-corrected chi connectivity index (χ1v) is 12.6. The lowest BCUT2D eigenvalue weighted by atomic mass is 9.86. The predicted molar refractivity (Wildman–Crippen MR) is 134 cm³/mol. The van der Waals surface area contributed by atoms with Crippen LogP contribution in [-0.4, -0.2) is 49.5 Å². The molecule has 1 aromatic carbocycles. The van der Waals surface area contributed by atoms with Gasteiger partial charge in [0.05, 0.1) is 13.0 Å². The molecular formula is C25H33N2O6P. The fourth-order valence-electron chi connectivity index (χ4n) is 3.56. The number of rotatable bonds is 14. The van der Waals surface area contributed by atoms with Crippen LogP contribution in [-0.2, 0) is 18.4 Å². The summed E-state index contributed by atoms with van der Waals surface area (Å²) in [7, 11) is -2.86. The zero-order valence-electron chi connectivity index (χ0n) is 19.5. The minimum absolute atomic E-state index is 0.0588. The Hall–Kier alpha value is -2.61. The average molecular weight is 489 g/mol. The number of aliphatic hydroxyl groups is 1. The van der Waals surface area contributed by atoms with Crippen LogP contribution in [0.3, 0.4) is 0 Å². The molecule has 1 aliphatic carbocycles. The van der Waals surface area contributed by atoms with E-state index in [9.17, 15) is 19.4 Å². The van der Waals surface area contributed by atoms with E-state index in [1.807, 2.05) is 48.6 Å². The molecule has 1 amide bonds. The first-order chi connectivity index (χ1) is 16.4. The summed E-state index contributed by atoms with van der Waals surface area (Å²) in [5.74, 6) is -0.166. The number of hydrogen-bond acceptors (Lipinski definition) is 6. The molecule has 9 heteroatoms. The molecule has 1 atom stereocenters. The van der Waals surface area contributed by atoms with E-state index in [-0.39, 0.29) is 25.5 Å². The molecule has 8 nitrogen and oxygen atoms in total. The maximum Gasteiger partial charge on any atom is 0.471 e. The SMILES string of the molecule is C=N/C=C(CC(=O)NCCCCOP(=O)(O)OC)\C(=C1\C=CC=C(CCO)C1)c1ccccc1. The van der Waals surface area contributed by atoms with Crippen LogP contribution in [0.15, 0.2) is 76.5 Å². The van der Waals surface area contributed by atoms with Gasteiger partial charge in [0.15, 0.2) is 0 Å². The molecule has 0 spiro atoms. The molecule has 1 unspecified atom stereocenters. The van der Waals surface area contributed by atoms with Crippen molar-refractivity contribution in [3.63, 3.8) is 0 Å². The minimum Gasteiger partial charge on any atom is -0.396 e. The maximum absolute atomic E-state index is 12.7. The van der Waals surface area contributed by atoms with Crippen molar-refractivity contribution < 1.29 is 28.4 Å². The molecule has 34 heavy (non-hydrogen) atoms. The van der Waals surface area contributed by atoms with E-state index >= 15 is 0 Å². The van der Waals surface area contributed by atoms with Gasteiger partial charge in [-0.2, -0.15) is 0 Å². The summed E-state index contributed by atoms with van der Waals surface area (Å²) in [4.78, 5) is 25.9. The molecule has 0 saturated carbocycles. The highest BCUT2D eigenvalue weighted by Gasteiger charge is 2.19. The van der Waals surface area contributed by atoms with Crippen LogP contribution in [0.25, 0.3) is 5.57 Å². The van der Waals surface area contributed by atoms with Gasteiger partial charge < -0.3 is 15.3 Å². The molecule has 0 radical (unpaired) electrons. The molecule has 1 aliphatic rings. The molecule has 1 aromatic rings. The van der Waals surface area contributed by atoms with E-state index in [1.165, 1.54) is 0 Å². The first kappa shape index (κ1) is 27.6. The number of phosphoric ester groups is 1.